The second-order valence-electron chi connectivity index (χ2n) is 6.53. The Bertz CT molecular complexity index is 771. The highest BCUT2D eigenvalue weighted by Gasteiger charge is 2.07. The molecule has 0 saturated heterocycles. The van der Waals surface area contributed by atoms with Crippen molar-refractivity contribution >= 4 is 11.6 Å². The van der Waals surface area contributed by atoms with Crippen LogP contribution in [0.25, 0.3) is 0 Å². The van der Waals surface area contributed by atoms with Crippen LogP contribution in [0.1, 0.15) is 34.6 Å². The lowest BCUT2D eigenvalue weighted by atomic mass is 10.1. The maximum atomic E-state index is 12.1. The first-order chi connectivity index (χ1) is 13.5. The standard InChI is InChI=1S/C23H26N2O3/c1-17(13-22(27)19-9-5-3-6-10-19)24-15-21(26)16-25-18(2)14-23(28)20-11-7-4-8-12-20/h3-14,21,24-26H,15-16H2,1-2H3/b17-13+,18-14+. The van der Waals surface area contributed by atoms with E-state index < -0.39 is 6.10 Å². The van der Waals surface area contributed by atoms with Crippen LogP contribution < -0.4 is 10.6 Å². The lowest BCUT2D eigenvalue weighted by Gasteiger charge is -2.15. The number of carbonyl (C=O) groups is 2. The van der Waals surface area contributed by atoms with Crippen molar-refractivity contribution in [2.24, 2.45) is 0 Å². The zero-order valence-electron chi connectivity index (χ0n) is 16.2. The summed E-state index contributed by atoms with van der Waals surface area (Å²) < 4.78 is 0. The molecule has 2 aromatic rings. The van der Waals surface area contributed by atoms with Gasteiger partial charge >= 0.3 is 0 Å². The van der Waals surface area contributed by atoms with Gasteiger partial charge in [-0.15, -0.1) is 0 Å². The molecule has 0 heterocycles. The van der Waals surface area contributed by atoms with Gasteiger partial charge in [0.25, 0.3) is 0 Å². The van der Waals surface area contributed by atoms with Crippen molar-refractivity contribution in [3.05, 3.63) is 95.3 Å². The fourth-order valence-electron chi connectivity index (χ4n) is 2.50. The third kappa shape index (κ3) is 7.21. The predicted octanol–water partition coefficient (Wildman–Crippen LogP) is 3.10. The van der Waals surface area contributed by atoms with Crippen molar-refractivity contribution in [2.45, 2.75) is 20.0 Å². The molecule has 0 aromatic heterocycles. The van der Waals surface area contributed by atoms with Crippen LogP contribution in [0.3, 0.4) is 0 Å². The van der Waals surface area contributed by atoms with Gasteiger partial charge in [-0.2, -0.15) is 0 Å². The number of nitrogens with one attached hydrogen (secondary N) is 2. The zero-order valence-corrected chi connectivity index (χ0v) is 16.2. The second kappa shape index (κ2) is 10.8. The van der Waals surface area contributed by atoms with E-state index in [1.54, 1.807) is 38.1 Å². The number of aliphatic hydroxyl groups excluding tert-OH is 1. The van der Waals surface area contributed by atoms with Crippen molar-refractivity contribution in [1.82, 2.24) is 10.6 Å². The molecule has 0 atom stereocenters. The third-order valence-corrected chi connectivity index (χ3v) is 4.04. The Morgan fingerprint density at radius 3 is 1.50 bits per heavy atom. The number of ketones is 2. The maximum Gasteiger partial charge on any atom is 0.187 e. The van der Waals surface area contributed by atoms with Crippen LogP contribution in [-0.4, -0.2) is 35.9 Å². The Morgan fingerprint density at radius 2 is 1.14 bits per heavy atom. The largest absolute Gasteiger partial charge is 0.389 e. The molecule has 2 rings (SSSR count). The van der Waals surface area contributed by atoms with Crippen molar-refractivity contribution < 1.29 is 14.7 Å². The second-order valence-corrected chi connectivity index (χ2v) is 6.53. The Kier molecular flexibility index (Phi) is 8.18. The fraction of sp³-hybridized carbons (Fsp3) is 0.217. The van der Waals surface area contributed by atoms with Crippen LogP contribution in [0, 0.1) is 0 Å². The molecule has 5 heteroatoms. The van der Waals surface area contributed by atoms with Crippen LogP contribution in [0.2, 0.25) is 0 Å². The van der Waals surface area contributed by atoms with E-state index >= 15 is 0 Å². The Balaban J connectivity index is 1.76. The first-order valence-corrected chi connectivity index (χ1v) is 9.17. The molecule has 28 heavy (non-hydrogen) atoms. The van der Waals surface area contributed by atoms with Crippen LogP contribution in [-0.2, 0) is 0 Å². The van der Waals surface area contributed by atoms with E-state index in [1.165, 1.54) is 12.2 Å². The Labute approximate surface area is 165 Å². The van der Waals surface area contributed by atoms with Gasteiger partial charge in [0.05, 0.1) is 6.10 Å². The van der Waals surface area contributed by atoms with Crippen molar-refractivity contribution in [2.75, 3.05) is 13.1 Å². The van der Waals surface area contributed by atoms with Gasteiger partial charge in [-0.05, 0) is 13.8 Å². The van der Waals surface area contributed by atoms with Crippen LogP contribution in [0.4, 0.5) is 0 Å². The number of carbonyl (C=O) groups excluding carboxylic acids is 2. The minimum absolute atomic E-state index is 0.0867. The van der Waals surface area contributed by atoms with Crippen molar-refractivity contribution in [1.29, 1.82) is 0 Å². The number of hydrogen-bond donors (Lipinski definition) is 3. The number of allylic oxidation sites excluding steroid dienone is 4. The summed E-state index contributed by atoms with van der Waals surface area (Å²) in [5.74, 6) is -0.173. The average Bonchev–Trinajstić information content (AvgIpc) is 2.72. The highest BCUT2D eigenvalue weighted by atomic mass is 16.3. The molecule has 0 amide bonds. The highest BCUT2D eigenvalue weighted by molar-refractivity contribution is 6.05. The van der Waals surface area contributed by atoms with E-state index in [2.05, 4.69) is 10.6 Å². The summed E-state index contributed by atoms with van der Waals surface area (Å²) in [5.41, 5.74) is 2.60. The summed E-state index contributed by atoms with van der Waals surface area (Å²) in [4.78, 5) is 24.2. The van der Waals surface area contributed by atoms with E-state index in [1.807, 2.05) is 36.4 Å². The smallest absolute Gasteiger partial charge is 0.187 e. The zero-order chi connectivity index (χ0) is 20.4. The molecule has 0 spiro atoms. The molecule has 0 saturated carbocycles. The molecule has 0 aliphatic rings. The molecule has 146 valence electrons. The SMILES string of the molecule is C/C(=C\C(=O)c1ccccc1)NCC(O)CN/C(C)=C/C(=O)c1ccccc1. The number of benzene rings is 2. The molecule has 0 unspecified atom stereocenters. The van der Waals surface area contributed by atoms with Gasteiger partial charge in [0.2, 0.25) is 0 Å². The number of aliphatic hydroxyl groups is 1. The van der Waals surface area contributed by atoms with Crippen LogP contribution >= 0.6 is 0 Å². The molecule has 0 bridgehead atoms. The summed E-state index contributed by atoms with van der Waals surface area (Å²) in [6.07, 6.45) is 2.35. The molecule has 3 N–H and O–H groups in total. The lowest BCUT2D eigenvalue weighted by molar-refractivity contribution is 0.103. The van der Waals surface area contributed by atoms with Gasteiger partial charge in [0, 0.05) is 47.8 Å². The van der Waals surface area contributed by atoms with Crippen LogP contribution in [0.15, 0.2) is 84.2 Å². The Morgan fingerprint density at radius 1 is 0.786 bits per heavy atom. The summed E-state index contributed by atoms with van der Waals surface area (Å²) >= 11 is 0. The van der Waals surface area contributed by atoms with Crippen LogP contribution in [0.5, 0.6) is 0 Å². The molecular weight excluding hydrogens is 352 g/mol. The first kappa shape index (κ1) is 21.1. The van der Waals surface area contributed by atoms with Gasteiger partial charge in [0.15, 0.2) is 11.6 Å². The molecular formula is C23H26N2O3. The monoisotopic (exact) mass is 378 g/mol. The summed E-state index contributed by atoms with van der Waals surface area (Å²) in [7, 11) is 0. The lowest BCUT2D eigenvalue weighted by Crippen LogP contribution is -2.34. The van der Waals surface area contributed by atoms with E-state index in [-0.39, 0.29) is 24.7 Å². The third-order valence-electron chi connectivity index (χ3n) is 4.04. The number of hydrogen-bond acceptors (Lipinski definition) is 5. The predicted molar refractivity (Wildman–Crippen MR) is 111 cm³/mol. The minimum atomic E-state index is -0.676. The van der Waals surface area contributed by atoms with E-state index in [0.29, 0.717) is 22.5 Å². The quantitative estimate of drug-likeness (QED) is 0.437. The molecule has 0 aliphatic heterocycles. The molecule has 0 fully saturated rings. The summed E-state index contributed by atoms with van der Waals surface area (Å²) in [6, 6.07) is 18.0. The minimum Gasteiger partial charge on any atom is -0.389 e. The topological polar surface area (TPSA) is 78.4 Å². The normalized spacial score (nSPS) is 13.0. The molecule has 0 aliphatic carbocycles. The van der Waals surface area contributed by atoms with E-state index in [9.17, 15) is 14.7 Å². The molecule has 0 radical (unpaired) electrons. The van der Waals surface area contributed by atoms with Gasteiger partial charge in [0.1, 0.15) is 0 Å². The van der Waals surface area contributed by atoms with E-state index in [0.717, 1.165) is 0 Å². The van der Waals surface area contributed by atoms with Gasteiger partial charge < -0.3 is 15.7 Å². The fourth-order valence-corrected chi connectivity index (χ4v) is 2.50. The van der Waals surface area contributed by atoms with Gasteiger partial charge in [-0.3, -0.25) is 9.59 Å². The average molecular weight is 378 g/mol. The summed E-state index contributed by atoms with van der Waals surface area (Å²) in [5, 5.41) is 16.2. The van der Waals surface area contributed by atoms with Gasteiger partial charge in [-0.25, -0.2) is 0 Å². The summed E-state index contributed by atoms with van der Waals surface area (Å²) in [6.45, 7) is 4.14. The molecule has 5 nitrogen and oxygen atoms in total. The number of rotatable bonds is 10. The maximum absolute atomic E-state index is 12.1. The highest BCUT2D eigenvalue weighted by Crippen LogP contribution is 2.04. The van der Waals surface area contributed by atoms with Crippen molar-refractivity contribution in [3.8, 4) is 0 Å². The first-order valence-electron chi connectivity index (χ1n) is 9.17. The molecule has 2 aromatic carbocycles. The van der Waals surface area contributed by atoms with Gasteiger partial charge in [-0.1, -0.05) is 60.7 Å². The van der Waals surface area contributed by atoms with Crippen molar-refractivity contribution in [3.63, 3.8) is 0 Å². The Hall–Kier alpha value is -3.18. The van der Waals surface area contributed by atoms with E-state index in [4.69, 9.17) is 0 Å².